The molecule has 0 aliphatic heterocycles. The lowest BCUT2D eigenvalue weighted by Gasteiger charge is -2.01. The Hall–Kier alpha value is -1.42. The van der Waals surface area contributed by atoms with Crippen molar-refractivity contribution in [3.05, 3.63) is 35.0 Å². The lowest BCUT2D eigenvalue weighted by molar-refractivity contribution is 0.692. The summed E-state index contributed by atoms with van der Waals surface area (Å²) >= 11 is 6.39. The minimum Gasteiger partial charge on any atom is -0.245 e. The number of aryl methyl sites for hydroxylation is 1. The van der Waals surface area contributed by atoms with E-state index in [2.05, 4.69) is 15.1 Å². The van der Waals surface area contributed by atoms with E-state index in [0.29, 0.717) is 5.15 Å². The van der Waals surface area contributed by atoms with Gasteiger partial charge >= 0.3 is 0 Å². The van der Waals surface area contributed by atoms with E-state index in [0.717, 1.165) is 24.4 Å². The molecule has 0 spiro atoms. The maximum absolute atomic E-state index is 6.39. The van der Waals surface area contributed by atoms with Gasteiger partial charge in [-0.25, -0.2) is 14.6 Å². The average molecular weight is 249 g/mol. The molecule has 2 heterocycles. The Morgan fingerprint density at radius 3 is 2.88 bits per heavy atom. The normalized spacial score (nSPS) is 15.4. The van der Waals surface area contributed by atoms with Crippen molar-refractivity contribution in [1.82, 2.24) is 19.7 Å². The summed E-state index contributed by atoms with van der Waals surface area (Å²) in [5.74, 6) is 0.734. The Balaban J connectivity index is 2.08. The van der Waals surface area contributed by atoms with E-state index in [1.807, 2.05) is 6.07 Å². The van der Waals surface area contributed by atoms with Gasteiger partial charge in [-0.15, -0.1) is 0 Å². The van der Waals surface area contributed by atoms with Gasteiger partial charge in [0.1, 0.15) is 11.5 Å². The monoisotopic (exact) mass is 248 g/mol. The van der Waals surface area contributed by atoms with Crippen LogP contribution in [0.5, 0.6) is 0 Å². The minimum atomic E-state index is 0.709. The average Bonchev–Trinajstić information content (AvgIpc) is 2.56. The highest BCUT2D eigenvalue weighted by atomic mass is 35.5. The van der Waals surface area contributed by atoms with Crippen molar-refractivity contribution in [2.75, 3.05) is 0 Å². The van der Waals surface area contributed by atoms with Crippen molar-refractivity contribution in [1.29, 1.82) is 0 Å². The molecule has 0 amide bonds. The molecule has 3 rings (SSSR count). The van der Waals surface area contributed by atoms with E-state index in [9.17, 15) is 0 Å². The predicted molar refractivity (Wildman–Crippen MR) is 65.4 cm³/mol. The van der Waals surface area contributed by atoms with Crippen molar-refractivity contribution >= 4 is 11.6 Å². The van der Waals surface area contributed by atoms with Gasteiger partial charge in [0, 0.05) is 17.8 Å². The molecule has 0 radical (unpaired) electrons. The topological polar surface area (TPSA) is 43.6 Å². The van der Waals surface area contributed by atoms with Gasteiger partial charge in [0.2, 0.25) is 0 Å². The van der Waals surface area contributed by atoms with Crippen molar-refractivity contribution in [2.24, 2.45) is 0 Å². The quantitative estimate of drug-likeness (QED) is 0.729. The molecule has 0 aromatic carbocycles. The molecule has 88 valence electrons. The van der Waals surface area contributed by atoms with E-state index in [-0.39, 0.29) is 0 Å². The summed E-state index contributed by atoms with van der Waals surface area (Å²) in [5.41, 5.74) is 2.33. The van der Waals surface area contributed by atoms with Gasteiger partial charge in [-0.1, -0.05) is 18.0 Å². The van der Waals surface area contributed by atoms with E-state index in [1.165, 1.54) is 31.2 Å². The zero-order chi connectivity index (χ0) is 11.7. The maximum atomic E-state index is 6.39. The largest absolute Gasteiger partial charge is 0.245 e. The summed E-state index contributed by atoms with van der Waals surface area (Å²) in [6, 6.07) is 1.82. The summed E-state index contributed by atoms with van der Waals surface area (Å²) < 4.78 is 1.72. The van der Waals surface area contributed by atoms with E-state index in [4.69, 9.17) is 11.6 Å². The third kappa shape index (κ3) is 1.93. The van der Waals surface area contributed by atoms with E-state index in [1.54, 1.807) is 10.9 Å². The SMILES string of the molecule is Clc1c2c(nn1-c1ccncn1)CCCCC2. The molecule has 0 saturated carbocycles. The van der Waals surface area contributed by atoms with Crippen LogP contribution >= 0.6 is 11.6 Å². The standard InChI is InChI=1S/C12H13ClN4/c13-12-9-4-2-1-3-5-10(9)16-17(12)11-6-7-14-8-15-11/h6-8H,1-5H2. The fraction of sp³-hybridized carbons (Fsp3) is 0.417. The lowest BCUT2D eigenvalue weighted by atomic mass is 10.1. The van der Waals surface area contributed by atoms with Crippen LogP contribution in [0, 0.1) is 0 Å². The molecule has 1 aliphatic rings. The molecule has 2 aromatic heterocycles. The third-order valence-electron chi connectivity index (χ3n) is 3.13. The van der Waals surface area contributed by atoms with Crippen molar-refractivity contribution < 1.29 is 0 Å². The molecule has 17 heavy (non-hydrogen) atoms. The van der Waals surface area contributed by atoms with Crippen LogP contribution in [0.4, 0.5) is 0 Å². The van der Waals surface area contributed by atoms with Crippen LogP contribution in [0.3, 0.4) is 0 Å². The maximum Gasteiger partial charge on any atom is 0.158 e. The smallest absolute Gasteiger partial charge is 0.158 e. The highest BCUT2D eigenvalue weighted by Crippen LogP contribution is 2.28. The highest BCUT2D eigenvalue weighted by molar-refractivity contribution is 6.30. The first-order chi connectivity index (χ1) is 8.36. The Labute approximate surface area is 105 Å². The first-order valence-electron chi connectivity index (χ1n) is 5.89. The van der Waals surface area contributed by atoms with Crippen molar-refractivity contribution in [3.8, 4) is 5.82 Å². The Morgan fingerprint density at radius 1 is 1.18 bits per heavy atom. The second-order valence-corrected chi connectivity index (χ2v) is 4.61. The molecular weight excluding hydrogens is 236 g/mol. The number of halogens is 1. The number of aromatic nitrogens is 4. The van der Waals surface area contributed by atoms with Crippen LogP contribution in [-0.4, -0.2) is 19.7 Å². The van der Waals surface area contributed by atoms with Crippen LogP contribution in [-0.2, 0) is 12.8 Å². The molecule has 0 unspecified atom stereocenters. The third-order valence-corrected chi connectivity index (χ3v) is 3.52. The second kappa shape index (κ2) is 4.45. The van der Waals surface area contributed by atoms with Gasteiger partial charge in [0.25, 0.3) is 0 Å². The number of rotatable bonds is 1. The number of hydrogen-bond acceptors (Lipinski definition) is 3. The molecule has 4 nitrogen and oxygen atoms in total. The van der Waals surface area contributed by atoms with Crippen LogP contribution < -0.4 is 0 Å². The van der Waals surface area contributed by atoms with Gasteiger partial charge < -0.3 is 0 Å². The summed E-state index contributed by atoms with van der Waals surface area (Å²) in [6.07, 6.45) is 8.92. The molecule has 0 atom stereocenters. The second-order valence-electron chi connectivity index (χ2n) is 4.26. The molecule has 2 aromatic rings. The Morgan fingerprint density at radius 2 is 2.06 bits per heavy atom. The zero-order valence-corrected chi connectivity index (χ0v) is 10.2. The highest BCUT2D eigenvalue weighted by Gasteiger charge is 2.19. The van der Waals surface area contributed by atoms with E-state index >= 15 is 0 Å². The van der Waals surface area contributed by atoms with Crippen LogP contribution in [0.2, 0.25) is 5.15 Å². The van der Waals surface area contributed by atoms with Crippen molar-refractivity contribution in [3.63, 3.8) is 0 Å². The lowest BCUT2D eigenvalue weighted by Crippen LogP contribution is -2.00. The first kappa shape index (κ1) is 10.7. The summed E-state index contributed by atoms with van der Waals surface area (Å²) in [7, 11) is 0. The minimum absolute atomic E-state index is 0.709. The Kier molecular flexibility index (Phi) is 2.81. The fourth-order valence-corrected chi connectivity index (χ4v) is 2.58. The molecule has 1 aliphatic carbocycles. The summed E-state index contributed by atoms with van der Waals surface area (Å²) in [5, 5.41) is 5.28. The summed E-state index contributed by atoms with van der Waals surface area (Å²) in [4.78, 5) is 8.08. The van der Waals surface area contributed by atoms with Crippen molar-refractivity contribution in [2.45, 2.75) is 32.1 Å². The predicted octanol–water partition coefficient (Wildman–Crippen LogP) is 2.58. The van der Waals surface area contributed by atoms with E-state index < -0.39 is 0 Å². The molecular formula is C12H13ClN4. The molecule has 0 bridgehead atoms. The molecule has 0 saturated heterocycles. The van der Waals surface area contributed by atoms with Gasteiger partial charge in [0.05, 0.1) is 5.69 Å². The molecule has 0 N–H and O–H groups in total. The van der Waals surface area contributed by atoms with Gasteiger partial charge in [-0.2, -0.15) is 5.10 Å². The van der Waals surface area contributed by atoms with Crippen LogP contribution in [0.1, 0.15) is 30.5 Å². The van der Waals surface area contributed by atoms with Crippen LogP contribution in [0.15, 0.2) is 18.6 Å². The van der Waals surface area contributed by atoms with Crippen LogP contribution in [0.25, 0.3) is 5.82 Å². The first-order valence-corrected chi connectivity index (χ1v) is 6.27. The van der Waals surface area contributed by atoms with Gasteiger partial charge in [-0.05, 0) is 25.7 Å². The molecule has 5 heteroatoms. The van der Waals surface area contributed by atoms with Gasteiger partial charge in [-0.3, -0.25) is 0 Å². The van der Waals surface area contributed by atoms with Gasteiger partial charge in [0.15, 0.2) is 5.82 Å². The number of hydrogen-bond donors (Lipinski definition) is 0. The number of fused-ring (bicyclic) bond motifs is 1. The zero-order valence-electron chi connectivity index (χ0n) is 9.43. The number of nitrogens with zero attached hydrogens (tertiary/aromatic N) is 4. The fourth-order valence-electron chi connectivity index (χ4n) is 2.25. The Bertz CT molecular complexity index is 521. The summed E-state index contributed by atoms with van der Waals surface area (Å²) in [6.45, 7) is 0. The molecule has 0 fully saturated rings.